The smallest absolute Gasteiger partial charge is 0.271 e. The van der Waals surface area contributed by atoms with Crippen molar-refractivity contribution in [2.45, 2.75) is 18.2 Å². The number of nitro benzene ring substituents is 1. The molecule has 0 aromatic heterocycles. The van der Waals surface area contributed by atoms with E-state index < -0.39 is 27.4 Å². The minimum Gasteiger partial charge on any atom is -0.355 e. The Hall–Kier alpha value is -2.94. The van der Waals surface area contributed by atoms with Crippen LogP contribution in [0.4, 0.5) is 11.4 Å². The van der Waals surface area contributed by atoms with Crippen LogP contribution in [0.25, 0.3) is 0 Å². The van der Waals surface area contributed by atoms with Gasteiger partial charge in [0.05, 0.1) is 15.5 Å². The maximum absolute atomic E-state index is 13.0. The molecule has 0 spiro atoms. The Morgan fingerprint density at radius 1 is 1.15 bits per heavy atom. The van der Waals surface area contributed by atoms with E-state index in [1.54, 1.807) is 18.2 Å². The highest BCUT2D eigenvalue weighted by atomic mass is 32.2. The van der Waals surface area contributed by atoms with Gasteiger partial charge < -0.3 is 5.32 Å². The van der Waals surface area contributed by atoms with Crippen molar-refractivity contribution in [2.24, 2.45) is 0 Å². The lowest BCUT2D eigenvalue weighted by Gasteiger charge is -2.24. The second-order valence-electron chi connectivity index (χ2n) is 5.45. The monoisotopic (exact) mass is 377 g/mol. The van der Waals surface area contributed by atoms with Gasteiger partial charge in [0.25, 0.3) is 15.7 Å². The fraction of sp³-hybridized carbons (Fsp3) is 0.235. The van der Waals surface area contributed by atoms with Crippen LogP contribution in [-0.4, -0.2) is 32.3 Å². The summed E-state index contributed by atoms with van der Waals surface area (Å²) in [7, 11) is -4.07. The van der Waals surface area contributed by atoms with Gasteiger partial charge in [-0.25, -0.2) is 8.42 Å². The molecule has 2 aromatic carbocycles. The summed E-state index contributed by atoms with van der Waals surface area (Å²) in [5.74, 6) is -0.488. The molecule has 0 saturated heterocycles. The molecule has 8 nitrogen and oxygen atoms in total. The number of amides is 1. The number of rotatable bonds is 8. The second kappa shape index (κ2) is 8.43. The molecular formula is C17H19N3O5S. The molecule has 26 heavy (non-hydrogen) atoms. The van der Waals surface area contributed by atoms with Gasteiger partial charge in [0, 0.05) is 18.7 Å². The Morgan fingerprint density at radius 3 is 2.46 bits per heavy atom. The van der Waals surface area contributed by atoms with Crippen LogP contribution in [0.3, 0.4) is 0 Å². The third kappa shape index (κ3) is 4.57. The van der Waals surface area contributed by atoms with Crippen molar-refractivity contribution in [3.05, 3.63) is 64.7 Å². The number of nitrogens with one attached hydrogen (secondary N) is 1. The van der Waals surface area contributed by atoms with Gasteiger partial charge in [-0.2, -0.15) is 0 Å². The summed E-state index contributed by atoms with van der Waals surface area (Å²) >= 11 is 0. The topological polar surface area (TPSA) is 110 Å². The molecule has 0 saturated carbocycles. The molecule has 0 radical (unpaired) electrons. The standard InChI is InChI=1S/C17H19N3O5S/c1-2-11-18-17(21)13-19(14-7-6-8-15(12-14)20(22)23)26(24,25)16-9-4-3-5-10-16/h3-10,12H,2,11,13H2,1H3,(H,18,21). The molecule has 2 aromatic rings. The zero-order chi connectivity index (χ0) is 19.2. The minimum absolute atomic E-state index is 0.00482. The largest absolute Gasteiger partial charge is 0.355 e. The maximum Gasteiger partial charge on any atom is 0.271 e. The fourth-order valence-corrected chi connectivity index (χ4v) is 3.68. The van der Waals surface area contributed by atoms with Gasteiger partial charge >= 0.3 is 0 Å². The van der Waals surface area contributed by atoms with Crippen LogP contribution in [0.5, 0.6) is 0 Å². The number of carbonyl (C=O) groups is 1. The third-order valence-electron chi connectivity index (χ3n) is 3.52. The molecule has 0 aliphatic heterocycles. The van der Waals surface area contributed by atoms with Gasteiger partial charge in [0.2, 0.25) is 5.91 Å². The number of sulfonamides is 1. The van der Waals surface area contributed by atoms with E-state index in [4.69, 9.17) is 0 Å². The van der Waals surface area contributed by atoms with Crippen LogP contribution < -0.4 is 9.62 Å². The van der Waals surface area contributed by atoms with E-state index in [1.165, 1.54) is 30.3 Å². The number of non-ortho nitro benzene ring substituents is 1. The van der Waals surface area contributed by atoms with E-state index in [-0.39, 0.29) is 16.3 Å². The Labute approximate surface area is 151 Å². The van der Waals surface area contributed by atoms with Crippen molar-refractivity contribution in [1.82, 2.24) is 5.32 Å². The molecule has 0 atom stereocenters. The van der Waals surface area contributed by atoms with E-state index in [0.29, 0.717) is 13.0 Å². The maximum atomic E-state index is 13.0. The summed E-state index contributed by atoms with van der Waals surface area (Å²) < 4.78 is 26.9. The lowest BCUT2D eigenvalue weighted by Crippen LogP contribution is -2.41. The average Bonchev–Trinajstić information content (AvgIpc) is 2.65. The molecule has 2 rings (SSSR count). The van der Waals surface area contributed by atoms with Crippen molar-refractivity contribution in [3.63, 3.8) is 0 Å². The molecule has 0 aliphatic rings. The summed E-state index contributed by atoms with van der Waals surface area (Å²) in [6.45, 7) is 1.81. The van der Waals surface area contributed by atoms with Gasteiger partial charge in [-0.3, -0.25) is 19.2 Å². The van der Waals surface area contributed by atoms with Gasteiger partial charge in [-0.1, -0.05) is 31.2 Å². The van der Waals surface area contributed by atoms with Gasteiger partial charge in [0.1, 0.15) is 6.54 Å². The van der Waals surface area contributed by atoms with Crippen LogP contribution >= 0.6 is 0 Å². The highest BCUT2D eigenvalue weighted by molar-refractivity contribution is 7.92. The quantitative estimate of drug-likeness (QED) is 0.561. The highest BCUT2D eigenvalue weighted by Gasteiger charge is 2.28. The number of anilines is 1. The summed E-state index contributed by atoms with van der Waals surface area (Å²) in [6.07, 6.45) is 0.702. The van der Waals surface area contributed by atoms with Crippen LogP contribution in [0.15, 0.2) is 59.5 Å². The van der Waals surface area contributed by atoms with Crippen LogP contribution in [-0.2, 0) is 14.8 Å². The minimum atomic E-state index is -4.07. The third-order valence-corrected chi connectivity index (χ3v) is 5.31. The first kappa shape index (κ1) is 19.4. The first-order valence-electron chi connectivity index (χ1n) is 7.95. The fourth-order valence-electron chi connectivity index (χ4n) is 2.25. The average molecular weight is 377 g/mol. The van der Waals surface area contributed by atoms with Gasteiger partial charge in [-0.05, 0) is 24.6 Å². The number of nitrogens with zero attached hydrogens (tertiary/aromatic N) is 2. The Balaban J connectivity index is 2.47. The molecule has 0 bridgehead atoms. The number of hydrogen-bond acceptors (Lipinski definition) is 5. The van der Waals surface area contributed by atoms with Crippen molar-refractivity contribution in [2.75, 3.05) is 17.4 Å². The zero-order valence-electron chi connectivity index (χ0n) is 14.2. The molecule has 0 unspecified atom stereocenters. The Bertz CT molecular complexity index is 884. The predicted octanol–water partition coefficient (Wildman–Crippen LogP) is 2.32. The SMILES string of the molecule is CCCNC(=O)CN(c1cccc([N+](=O)[O-])c1)S(=O)(=O)c1ccccc1. The van der Waals surface area contributed by atoms with Crippen LogP contribution in [0.2, 0.25) is 0 Å². The summed E-state index contributed by atoms with van der Waals surface area (Å²) in [5.41, 5.74) is -0.209. The van der Waals surface area contributed by atoms with E-state index in [9.17, 15) is 23.3 Å². The first-order valence-corrected chi connectivity index (χ1v) is 9.39. The lowest BCUT2D eigenvalue weighted by molar-refractivity contribution is -0.384. The molecule has 1 amide bonds. The number of nitro groups is 1. The summed E-state index contributed by atoms with van der Waals surface area (Å²) in [6, 6.07) is 12.8. The molecular weight excluding hydrogens is 358 g/mol. The highest BCUT2D eigenvalue weighted by Crippen LogP contribution is 2.26. The summed E-state index contributed by atoms with van der Waals surface area (Å²) in [5, 5.41) is 13.6. The first-order chi connectivity index (χ1) is 12.4. The number of benzene rings is 2. The van der Waals surface area contributed by atoms with E-state index >= 15 is 0 Å². The molecule has 0 heterocycles. The van der Waals surface area contributed by atoms with Crippen molar-refractivity contribution in [3.8, 4) is 0 Å². The Morgan fingerprint density at radius 2 is 1.85 bits per heavy atom. The lowest BCUT2D eigenvalue weighted by atomic mass is 10.3. The van der Waals surface area contributed by atoms with Gasteiger partial charge in [-0.15, -0.1) is 0 Å². The van der Waals surface area contributed by atoms with Crippen molar-refractivity contribution < 1.29 is 18.1 Å². The molecule has 0 fully saturated rings. The van der Waals surface area contributed by atoms with E-state index in [1.807, 2.05) is 6.92 Å². The van der Waals surface area contributed by atoms with Crippen LogP contribution in [0.1, 0.15) is 13.3 Å². The van der Waals surface area contributed by atoms with Crippen molar-refractivity contribution >= 4 is 27.3 Å². The number of carbonyl (C=O) groups excluding carboxylic acids is 1. The molecule has 138 valence electrons. The van der Waals surface area contributed by atoms with E-state index in [0.717, 1.165) is 10.4 Å². The summed E-state index contributed by atoms with van der Waals surface area (Å²) in [4.78, 5) is 22.5. The molecule has 0 aliphatic carbocycles. The zero-order valence-corrected chi connectivity index (χ0v) is 15.0. The normalized spacial score (nSPS) is 11.0. The molecule has 1 N–H and O–H groups in total. The molecule has 9 heteroatoms. The van der Waals surface area contributed by atoms with Gasteiger partial charge in [0.15, 0.2) is 0 Å². The number of hydrogen-bond donors (Lipinski definition) is 1. The van der Waals surface area contributed by atoms with Crippen LogP contribution in [0, 0.1) is 10.1 Å². The van der Waals surface area contributed by atoms with E-state index in [2.05, 4.69) is 5.32 Å². The van der Waals surface area contributed by atoms with Crippen molar-refractivity contribution in [1.29, 1.82) is 0 Å². The predicted molar refractivity (Wildman–Crippen MR) is 97.4 cm³/mol. The Kier molecular flexibility index (Phi) is 6.29. The second-order valence-corrected chi connectivity index (χ2v) is 7.31.